The Hall–Kier alpha value is -2.86. The standard InChI is InChI=1S/C25H34N2O4/c1-4-5-6-7-8-16-26-25(31)27(3)22-11-9-10-21(17-22)20-14-12-19(13-15-20)18(2)23(28)24(29)30/h9-15,17-18,23,28H,4-8,16H2,1-3H3,(H,26,31)(H,29,30). The van der Waals surface area contributed by atoms with Crippen molar-refractivity contribution < 1.29 is 19.8 Å². The van der Waals surface area contributed by atoms with Gasteiger partial charge < -0.3 is 15.5 Å². The summed E-state index contributed by atoms with van der Waals surface area (Å²) >= 11 is 0. The van der Waals surface area contributed by atoms with Crippen LogP contribution in [0.25, 0.3) is 11.1 Å². The number of aliphatic carboxylic acids is 1. The van der Waals surface area contributed by atoms with Crippen molar-refractivity contribution >= 4 is 17.7 Å². The third-order valence-electron chi connectivity index (χ3n) is 5.59. The Morgan fingerprint density at radius 1 is 1.00 bits per heavy atom. The molecule has 0 radical (unpaired) electrons. The van der Waals surface area contributed by atoms with E-state index in [-0.39, 0.29) is 6.03 Å². The fourth-order valence-corrected chi connectivity index (χ4v) is 3.43. The second kappa shape index (κ2) is 12.1. The SMILES string of the molecule is CCCCCCCNC(=O)N(C)c1cccc(-c2ccc(C(C)C(O)C(=O)O)cc2)c1. The lowest BCUT2D eigenvalue weighted by Gasteiger charge is -2.19. The van der Waals surface area contributed by atoms with Crippen LogP contribution in [-0.2, 0) is 4.79 Å². The summed E-state index contributed by atoms with van der Waals surface area (Å²) in [5.41, 5.74) is 3.45. The second-order valence-corrected chi connectivity index (χ2v) is 7.95. The Morgan fingerprint density at radius 2 is 1.68 bits per heavy atom. The summed E-state index contributed by atoms with van der Waals surface area (Å²) in [6.45, 7) is 4.55. The van der Waals surface area contributed by atoms with Crippen molar-refractivity contribution in [3.8, 4) is 11.1 Å². The van der Waals surface area contributed by atoms with Crippen LogP contribution in [0.1, 0.15) is 57.4 Å². The van der Waals surface area contributed by atoms with Gasteiger partial charge in [0.25, 0.3) is 0 Å². The molecule has 168 valence electrons. The molecule has 0 fully saturated rings. The number of rotatable bonds is 11. The van der Waals surface area contributed by atoms with Crippen LogP contribution in [0, 0.1) is 0 Å². The smallest absolute Gasteiger partial charge is 0.333 e. The zero-order valence-corrected chi connectivity index (χ0v) is 18.7. The molecule has 0 saturated heterocycles. The van der Waals surface area contributed by atoms with E-state index in [0.29, 0.717) is 6.54 Å². The van der Waals surface area contributed by atoms with Gasteiger partial charge in [-0.05, 0) is 35.2 Å². The number of carbonyl (C=O) groups excluding carboxylic acids is 1. The van der Waals surface area contributed by atoms with Gasteiger partial charge in [0.05, 0.1) is 0 Å². The minimum Gasteiger partial charge on any atom is -0.479 e. The number of anilines is 1. The Labute approximate surface area is 184 Å². The first kappa shape index (κ1) is 24.4. The molecule has 0 aliphatic rings. The molecule has 0 aromatic heterocycles. The van der Waals surface area contributed by atoms with Gasteiger partial charge >= 0.3 is 12.0 Å². The van der Waals surface area contributed by atoms with E-state index in [4.69, 9.17) is 5.11 Å². The highest BCUT2D eigenvalue weighted by atomic mass is 16.4. The zero-order chi connectivity index (χ0) is 22.8. The lowest BCUT2D eigenvalue weighted by Crippen LogP contribution is -2.37. The van der Waals surface area contributed by atoms with Crippen LogP contribution in [0.5, 0.6) is 0 Å². The van der Waals surface area contributed by atoms with Crippen molar-refractivity contribution in [3.05, 3.63) is 54.1 Å². The topological polar surface area (TPSA) is 89.9 Å². The molecule has 6 heteroatoms. The predicted molar refractivity (Wildman–Crippen MR) is 124 cm³/mol. The van der Waals surface area contributed by atoms with Crippen LogP contribution in [0.3, 0.4) is 0 Å². The summed E-state index contributed by atoms with van der Waals surface area (Å²) in [7, 11) is 1.75. The lowest BCUT2D eigenvalue weighted by atomic mass is 9.93. The fraction of sp³-hybridized carbons (Fsp3) is 0.440. The highest BCUT2D eigenvalue weighted by Crippen LogP contribution is 2.27. The number of benzene rings is 2. The van der Waals surface area contributed by atoms with Crippen molar-refractivity contribution in [1.29, 1.82) is 0 Å². The van der Waals surface area contributed by atoms with Gasteiger partial charge in [-0.2, -0.15) is 0 Å². The van der Waals surface area contributed by atoms with Crippen LogP contribution >= 0.6 is 0 Å². The first-order chi connectivity index (χ1) is 14.8. The summed E-state index contributed by atoms with van der Waals surface area (Å²) in [4.78, 5) is 25.1. The molecule has 0 heterocycles. The van der Waals surface area contributed by atoms with Crippen molar-refractivity contribution in [2.45, 2.75) is 58.0 Å². The van der Waals surface area contributed by atoms with Gasteiger partial charge in [-0.3, -0.25) is 4.90 Å². The second-order valence-electron chi connectivity index (χ2n) is 7.95. The van der Waals surface area contributed by atoms with E-state index in [1.165, 1.54) is 19.3 Å². The van der Waals surface area contributed by atoms with Gasteiger partial charge in [-0.1, -0.05) is 75.9 Å². The van der Waals surface area contributed by atoms with E-state index < -0.39 is 18.0 Å². The van der Waals surface area contributed by atoms with Crippen LogP contribution in [0.4, 0.5) is 10.5 Å². The molecule has 2 aromatic rings. The van der Waals surface area contributed by atoms with Crippen molar-refractivity contribution in [1.82, 2.24) is 5.32 Å². The highest BCUT2D eigenvalue weighted by Gasteiger charge is 2.23. The van der Waals surface area contributed by atoms with E-state index in [0.717, 1.165) is 35.2 Å². The van der Waals surface area contributed by atoms with E-state index in [9.17, 15) is 14.7 Å². The number of carbonyl (C=O) groups is 2. The molecule has 3 N–H and O–H groups in total. The number of hydrogen-bond donors (Lipinski definition) is 3. The zero-order valence-electron chi connectivity index (χ0n) is 18.7. The van der Waals surface area contributed by atoms with E-state index in [1.54, 1.807) is 18.9 Å². The molecule has 6 nitrogen and oxygen atoms in total. The van der Waals surface area contributed by atoms with Gasteiger partial charge in [-0.25, -0.2) is 9.59 Å². The quantitative estimate of drug-likeness (QED) is 0.440. The molecule has 2 atom stereocenters. The Bertz CT molecular complexity index is 851. The number of nitrogens with one attached hydrogen (secondary N) is 1. The van der Waals surface area contributed by atoms with Crippen molar-refractivity contribution in [2.24, 2.45) is 0 Å². The maximum atomic E-state index is 12.5. The number of aliphatic hydroxyl groups is 1. The van der Waals surface area contributed by atoms with Gasteiger partial charge in [0.1, 0.15) is 0 Å². The lowest BCUT2D eigenvalue weighted by molar-refractivity contribution is -0.147. The van der Waals surface area contributed by atoms with Crippen LogP contribution in [0.15, 0.2) is 48.5 Å². The molecule has 31 heavy (non-hydrogen) atoms. The summed E-state index contributed by atoms with van der Waals surface area (Å²) in [6, 6.07) is 15.0. The largest absolute Gasteiger partial charge is 0.479 e. The summed E-state index contributed by atoms with van der Waals surface area (Å²) < 4.78 is 0. The molecule has 2 amide bonds. The van der Waals surface area contributed by atoms with Gasteiger partial charge in [0.15, 0.2) is 6.10 Å². The number of hydrogen-bond acceptors (Lipinski definition) is 3. The van der Waals surface area contributed by atoms with E-state index in [1.807, 2.05) is 48.5 Å². The molecular weight excluding hydrogens is 392 g/mol. The van der Waals surface area contributed by atoms with Crippen LogP contribution in [-0.4, -0.2) is 41.9 Å². The maximum Gasteiger partial charge on any atom is 0.333 e. The average Bonchev–Trinajstić information content (AvgIpc) is 2.79. The van der Waals surface area contributed by atoms with Gasteiger partial charge in [0.2, 0.25) is 0 Å². The minimum absolute atomic E-state index is 0.125. The number of urea groups is 1. The summed E-state index contributed by atoms with van der Waals surface area (Å²) in [6.07, 6.45) is 4.33. The van der Waals surface area contributed by atoms with Gasteiger partial charge in [0, 0.05) is 25.2 Å². The Kier molecular flexibility index (Phi) is 9.53. The minimum atomic E-state index is -1.44. The van der Waals surface area contributed by atoms with Crippen LogP contribution in [0.2, 0.25) is 0 Å². The maximum absolute atomic E-state index is 12.5. The fourth-order valence-electron chi connectivity index (χ4n) is 3.43. The predicted octanol–water partition coefficient (Wildman–Crippen LogP) is 5.02. The molecule has 0 bridgehead atoms. The number of amides is 2. The number of unbranched alkanes of at least 4 members (excludes halogenated alkanes) is 4. The number of carboxylic acid groups (broad SMARTS) is 1. The average molecular weight is 427 g/mol. The molecular formula is C25H34N2O4. The van der Waals surface area contributed by atoms with Crippen molar-refractivity contribution in [3.63, 3.8) is 0 Å². The highest BCUT2D eigenvalue weighted by molar-refractivity contribution is 5.92. The summed E-state index contributed by atoms with van der Waals surface area (Å²) in [5, 5.41) is 21.7. The summed E-state index contributed by atoms with van der Waals surface area (Å²) in [5.74, 6) is -1.73. The van der Waals surface area contributed by atoms with Gasteiger partial charge in [-0.15, -0.1) is 0 Å². The molecule has 0 spiro atoms. The Morgan fingerprint density at radius 3 is 2.32 bits per heavy atom. The molecule has 0 aliphatic heterocycles. The number of aliphatic hydroxyl groups excluding tert-OH is 1. The normalized spacial score (nSPS) is 12.8. The number of nitrogens with zero attached hydrogens (tertiary/aromatic N) is 1. The first-order valence-electron chi connectivity index (χ1n) is 11.0. The van der Waals surface area contributed by atoms with Crippen molar-refractivity contribution in [2.75, 3.05) is 18.5 Å². The molecule has 2 rings (SSSR count). The first-order valence-corrected chi connectivity index (χ1v) is 11.0. The monoisotopic (exact) mass is 426 g/mol. The molecule has 2 unspecified atom stereocenters. The van der Waals surface area contributed by atoms with E-state index >= 15 is 0 Å². The number of carboxylic acids is 1. The third-order valence-corrected chi connectivity index (χ3v) is 5.59. The third kappa shape index (κ3) is 7.10. The molecule has 0 saturated carbocycles. The Balaban J connectivity index is 2.01. The molecule has 0 aliphatic carbocycles. The molecule has 2 aromatic carbocycles. The van der Waals surface area contributed by atoms with Crippen LogP contribution < -0.4 is 10.2 Å². The van der Waals surface area contributed by atoms with E-state index in [2.05, 4.69) is 12.2 Å².